The van der Waals surface area contributed by atoms with Crippen molar-refractivity contribution in [2.45, 2.75) is 42.8 Å². The number of thioether (sulfide) groups is 1. The van der Waals surface area contributed by atoms with E-state index in [4.69, 9.17) is 14.2 Å². The highest BCUT2D eigenvalue weighted by Crippen LogP contribution is 2.30. The summed E-state index contributed by atoms with van der Waals surface area (Å²) >= 11 is 1.95. The maximum Gasteiger partial charge on any atom is 0.118 e. The Morgan fingerprint density at radius 2 is 1.54 bits per heavy atom. The fourth-order valence-corrected chi connectivity index (χ4v) is 3.94. The van der Waals surface area contributed by atoms with Crippen molar-refractivity contribution in [3.8, 4) is 5.75 Å². The first-order valence-corrected chi connectivity index (χ1v) is 9.68. The molecule has 0 atom stereocenters. The van der Waals surface area contributed by atoms with Crippen LogP contribution < -0.4 is 4.74 Å². The number of ether oxygens (including phenoxy) is 3. The highest BCUT2D eigenvalue weighted by Gasteiger charge is 2.14. The molecule has 134 valence electrons. The quantitative estimate of drug-likeness (QED) is 0.718. The summed E-state index contributed by atoms with van der Waals surface area (Å²) in [6.45, 7) is 9.71. The summed E-state index contributed by atoms with van der Waals surface area (Å²) in [6.07, 6.45) is 4.68. The van der Waals surface area contributed by atoms with Gasteiger partial charge in [-0.1, -0.05) is 12.2 Å². The molecule has 1 aromatic rings. The molecule has 0 bridgehead atoms. The van der Waals surface area contributed by atoms with Crippen LogP contribution in [-0.2, 0) is 9.47 Å². The van der Waals surface area contributed by atoms with Gasteiger partial charge in [0.05, 0.1) is 7.11 Å². The van der Waals surface area contributed by atoms with Gasteiger partial charge in [0, 0.05) is 36.6 Å². The Kier molecular flexibility index (Phi) is 8.71. The van der Waals surface area contributed by atoms with E-state index in [1.54, 1.807) is 7.11 Å². The summed E-state index contributed by atoms with van der Waals surface area (Å²) in [5.41, 5.74) is 1.32. The molecular weight excluding hydrogens is 320 g/mol. The van der Waals surface area contributed by atoms with Gasteiger partial charge in [0.1, 0.15) is 5.75 Å². The number of hydrogen-bond acceptors (Lipinski definition) is 4. The Morgan fingerprint density at radius 1 is 1.00 bits per heavy atom. The van der Waals surface area contributed by atoms with Crippen LogP contribution >= 0.6 is 11.8 Å². The van der Waals surface area contributed by atoms with E-state index in [9.17, 15) is 0 Å². The molecule has 2 saturated heterocycles. The maximum absolute atomic E-state index is 5.34. The van der Waals surface area contributed by atoms with Crippen LogP contribution in [-0.4, -0.2) is 38.8 Å². The van der Waals surface area contributed by atoms with Gasteiger partial charge in [0.15, 0.2) is 0 Å². The summed E-state index contributed by atoms with van der Waals surface area (Å²) in [6, 6.07) is 8.28. The largest absolute Gasteiger partial charge is 0.497 e. The Morgan fingerprint density at radius 3 is 2.00 bits per heavy atom. The Bertz CT molecular complexity index is 474. The van der Waals surface area contributed by atoms with Crippen molar-refractivity contribution in [2.24, 2.45) is 5.92 Å². The van der Waals surface area contributed by atoms with Crippen molar-refractivity contribution in [3.63, 3.8) is 0 Å². The van der Waals surface area contributed by atoms with E-state index >= 15 is 0 Å². The summed E-state index contributed by atoms with van der Waals surface area (Å²) in [4.78, 5) is 1.32. The maximum atomic E-state index is 5.34. The topological polar surface area (TPSA) is 27.7 Å². The van der Waals surface area contributed by atoms with Crippen LogP contribution in [0.15, 0.2) is 41.3 Å². The Hall–Kier alpha value is -0.970. The van der Waals surface area contributed by atoms with Crippen LogP contribution in [0.1, 0.15) is 32.6 Å². The molecule has 3 nitrogen and oxygen atoms in total. The summed E-state index contributed by atoms with van der Waals surface area (Å²) < 4.78 is 15.7. The van der Waals surface area contributed by atoms with Crippen molar-refractivity contribution >= 4 is 11.8 Å². The minimum Gasteiger partial charge on any atom is -0.497 e. The van der Waals surface area contributed by atoms with E-state index in [2.05, 4.69) is 25.6 Å². The molecule has 0 N–H and O–H groups in total. The highest BCUT2D eigenvalue weighted by atomic mass is 32.2. The zero-order valence-corrected chi connectivity index (χ0v) is 15.8. The zero-order chi connectivity index (χ0) is 17.2. The third-order valence-corrected chi connectivity index (χ3v) is 5.80. The van der Waals surface area contributed by atoms with Gasteiger partial charge in [-0.15, -0.1) is 11.8 Å². The van der Waals surface area contributed by atoms with Gasteiger partial charge in [0.25, 0.3) is 0 Å². The van der Waals surface area contributed by atoms with E-state index in [1.807, 2.05) is 23.9 Å². The van der Waals surface area contributed by atoms with E-state index in [0.29, 0.717) is 5.25 Å². The lowest BCUT2D eigenvalue weighted by Gasteiger charge is -2.21. The molecule has 0 amide bonds. The molecule has 2 heterocycles. The number of methoxy groups -OCH3 is 1. The number of benzene rings is 1. The average Bonchev–Trinajstić information content (AvgIpc) is 2.64. The molecule has 0 aromatic heterocycles. The molecule has 24 heavy (non-hydrogen) atoms. The average molecular weight is 351 g/mol. The first kappa shape index (κ1) is 19.4. The van der Waals surface area contributed by atoms with E-state index in [0.717, 1.165) is 50.9 Å². The third kappa shape index (κ3) is 6.88. The highest BCUT2D eigenvalue weighted by molar-refractivity contribution is 8.00. The summed E-state index contributed by atoms with van der Waals surface area (Å²) in [7, 11) is 1.70. The van der Waals surface area contributed by atoms with Crippen LogP contribution in [0.5, 0.6) is 5.75 Å². The normalized spacial score (nSPS) is 19.2. The Labute approximate surface area is 150 Å². The van der Waals surface area contributed by atoms with Crippen LogP contribution in [0.25, 0.3) is 0 Å². The molecular formula is C20H30O3S. The predicted octanol–water partition coefficient (Wildman–Crippen LogP) is 4.96. The van der Waals surface area contributed by atoms with Crippen LogP contribution in [0.3, 0.4) is 0 Å². The molecule has 4 heteroatoms. The summed E-state index contributed by atoms with van der Waals surface area (Å²) in [5.74, 6) is 1.66. The lowest BCUT2D eigenvalue weighted by atomic mass is 9.94. The summed E-state index contributed by atoms with van der Waals surface area (Å²) in [5, 5.41) is 0.715. The fraction of sp³-hybridized carbons (Fsp3) is 0.600. The monoisotopic (exact) mass is 350 g/mol. The molecule has 0 saturated carbocycles. The molecule has 2 aliphatic heterocycles. The standard InChI is InChI=1S/C12H16O2S.C8H14O/c1-13-10-2-4-11(5-3-10)15-12-6-8-14-9-7-12;1-7(2)8-3-5-9-6-4-8/h2-5,12H,6-9H2,1H3;8H,1,3-6H2,2H3. The fourth-order valence-electron chi connectivity index (χ4n) is 2.83. The zero-order valence-electron chi connectivity index (χ0n) is 15.0. The van der Waals surface area contributed by atoms with E-state index in [1.165, 1.54) is 23.3 Å². The molecule has 3 rings (SSSR count). The Balaban J connectivity index is 0.000000198. The van der Waals surface area contributed by atoms with Crippen molar-refractivity contribution < 1.29 is 14.2 Å². The second kappa shape index (κ2) is 10.8. The number of hydrogen-bond donors (Lipinski definition) is 0. The molecule has 0 unspecified atom stereocenters. The lowest BCUT2D eigenvalue weighted by Crippen LogP contribution is -2.17. The van der Waals surface area contributed by atoms with Crippen LogP contribution in [0, 0.1) is 5.92 Å². The smallest absolute Gasteiger partial charge is 0.118 e. The van der Waals surface area contributed by atoms with Crippen LogP contribution in [0.4, 0.5) is 0 Å². The van der Waals surface area contributed by atoms with Gasteiger partial charge in [0.2, 0.25) is 0 Å². The molecule has 0 radical (unpaired) electrons. The van der Waals surface area contributed by atoms with Gasteiger partial charge in [-0.2, -0.15) is 0 Å². The van der Waals surface area contributed by atoms with Gasteiger partial charge in [-0.05, 0) is 62.8 Å². The lowest BCUT2D eigenvalue weighted by molar-refractivity contribution is 0.0759. The molecule has 0 aliphatic carbocycles. The first-order chi connectivity index (χ1) is 11.7. The van der Waals surface area contributed by atoms with Crippen LogP contribution in [0.2, 0.25) is 0 Å². The van der Waals surface area contributed by atoms with Crippen molar-refractivity contribution in [3.05, 3.63) is 36.4 Å². The van der Waals surface area contributed by atoms with E-state index in [-0.39, 0.29) is 0 Å². The van der Waals surface area contributed by atoms with Gasteiger partial charge >= 0.3 is 0 Å². The number of allylic oxidation sites excluding steroid dienone is 1. The van der Waals surface area contributed by atoms with Crippen molar-refractivity contribution in [1.82, 2.24) is 0 Å². The predicted molar refractivity (Wildman–Crippen MR) is 101 cm³/mol. The van der Waals surface area contributed by atoms with Gasteiger partial charge in [-0.25, -0.2) is 0 Å². The second-order valence-corrected chi connectivity index (χ2v) is 7.71. The SMILES string of the molecule is C=C(C)C1CCOCC1.COc1ccc(SC2CCOCC2)cc1. The second-order valence-electron chi connectivity index (χ2n) is 6.34. The van der Waals surface area contributed by atoms with Gasteiger partial charge < -0.3 is 14.2 Å². The third-order valence-electron chi connectivity index (χ3n) is 4.45. The molecule has 2 aliphatic rings. The van der Waals surface area contributed by atoms with Crippen molar-refractivity contribution in [1.29, 1.82) is 0 Å². The van der Waals surface area contributed by atoms with E-state index < -0.39 is 0 Å². The minimum atomic E-state index is 0.715. The molecule has 2 fully saturated rings. The molecule has 0 spiro atoms. The first-order valence-electron chi connectivity index (χ1n) is 8.80. The van der Waals surface area contributed by atoms with Crippen molar-refractivity contribution in [2.75, 3.05) is 33.5 Å². The minimum absolute atomic E-state index is 0.715. The number of rotatable bonds is 4. The van der Waals surface area contributed by atoms with Gasteiger partial charge in [-0.3, -0.25) is 0 Å². The molecule has 1 aromatic carbocycles.